The summed E-state index contributed by atoms with van der Waals surface area (Å²) in [5.74, 6) is 0. The highest BCUT2D eigenvalue weighted by molar-refractivity contribution is 8.01. The molecule has 0 fully saturated rings. The van der Waals surface area contributed by atoms with Crippen LogP contribution in [0.4, 0.5) is 0 Å². The molecule has 19 heavy (non-hydrogen) atoms. The van der Waals surface area contributed by atoms with Gasteiger partial charge in [-0.25, -0.2) is 0 Å². The number of fused-ring (bicyclic) bond motifs is 1. The molecule has 2 bridgehead atoms. The lowest BCUT2D eigenvalue weighted by Gasteiger charge is -2.56. The smallest absolute Gasteiger partial charge is 0.0637 e. The summed E-state index contributed by atoms with van der Waals surface area (Å²) in [4.78, 5) is 0. The minimum atomic E-state index is 0.115. The van der Waals surface area contributed by atoms with Gasteiger partial charge in [-0.2, -0.15) is 0 Å². The Morgan fingerprint density at radius 1 is 0.789 bits per heavy atom. The summed E-state index contributed by atoms with van der Waals surface area (Å²) in [6.45, 7) is 7.19. The van der Waals surface area contributed by atoms with Crippen molar-refractivity contribution >= 4 is 11.8 Å². The van der Waals surface area contributed by atoms with Crippen LogP contribution in [-0.4, -0.2) is 5.25 Å². The zero-order valence-corrected chi connectivity index (χ0v) is 12.4. The molecule has 2 aliphatic heterocycles. The fourth-order valence-corrected chi connectivity index (χ4v) is 5.84. The maximum absolute atomic E-state index is 2.42. The normalized spacial score (nSPS) is 34.8. The molecule has 1 atom stereocenters. The molecule has 1 aliphatic carbocycles. The zero-order valence-electron chi connectivity index (χ0n) is 11.6. The third-order valence-electron chi connectivity index (χ3n) is 5.23. The summed E-state index contributed by atoms with van der Waals surface area (Å²) in [5, 5.41) is 0.613. The van der Waals surface area contributed by atoms with Crippen LogP contribution in [0.1, 0.15) is 43.0 Å². The van der Waals surface area contributed by atoms with E-state index in [1.54, 1.807) is 0 Å². The second-order valence-corrected chi connectivity index (χ2v) is 7.85. The van der Waals surface area contributed by atoms with Gasteiger partial charge in [-0.05, 0) is 29.2 Å². The van der Waals surface area contributed by atoms with Crippen molar-refractivity contribution in [1.29, 1.82) is 0 Å². The maximum atomic E-state index is 2.42. The van der Waals surface area contributed by atoms with Crippen LogP contribution in [0.15, 0.2) is 48.5 Å². The minimum absolute atomic E-state index is 0.115. The molecule has 0 saturated carbocycles. The van der Waals surface area contributed by atoms with Gasteiger partial charge in [0.2, 0.25) is 0 Å². The molecule has 0 nitrogen and oxygen atoms in total. The van der Waals surface area contributed by atoms with Crippen LogP contribution in [0, 0.1) is 0 Å². The SMILES string of the molecule is CC1SC2(C)c3ccccc3C1(C)c1ccccc12. The van der Waals surface area contributed by atoms with E-state index in [-0.39, 0.29) is 10.2 Å². The first-order valence-corrected chi connectivity index (χ1v) is 7.84. The first-order chi connectivity index (χ1) is 9.08. The predicted octanol–water partition coefficient (Wildman–Crippen LogP) is 4.70. The van der Waals surface area contributed by atoms with Gasteiger partial charge in [-0.15, -0.1) is 11.8 Å². The molecule has 96 valence electrons. The quantitative estimate of drug-likeness (QED) is 0.665. The van der Waals surface area contributed by atoms with Crippen LogP contribution in [0.3, 0.4) is 0 Å². The van der Waals surface area contributed by atoms with E-state index in [2.05, 4.69) is 81.1 Å². The van der Waals surface area contributed by atoms with Crippen LogP contribution in [0.2, 0.25) is 0 Å². The first-order valence-electron chi connectivity index (χ1n) is 6.96. The van der Waals surface area contributed by atoms with E-state index in [0.29, 0.717) is 5.25 Å². The lowest BCUT2D eigenvalue weighted by atomic mass is 9.62. The Kier molecular flexibility index (Phi) is 2.11. The molecule has 3 aliphatic rings. The highest BCUT2D eigenvalue weighted by Gasteiger charge is 2.55. The minimum Gasteiger partial charge on any atom is -0.141 e. The Morgan fingerprint density at radius 3 is 1.68 bits per heavy atom. The van der Waals surface area contributed by atoms with Gasteiger partial charge in [-0.1, -0.05) is 62.4 Å². The number of rotatable bonds is 0. The summed E-state index contributed by atoms with van der Waals surface area (Å²) in [7, 11) is 0. The molecule has 0 amide bonds. The average molecular weight is 266 g/mol. The molecule has 1 unspecified atom stereocenters. The monoisotopic (exact) mass is 266 g/mol. The third kappa shape index (κ3) is 1.18. The van der Waals surface area contributed by atoms with Crippen molar-refractivity contribution in [3.63, 3.8) is 0 Å². The summed E-state index contributed by atoms with van der Waals surface area (Å²) in [5.41, 5.74) is 6.24. The first kappa shape index (κ1) is 11.6. The highest BCUT2D eigenvalue weighted by atomic mass is 32.2. The maximum Gasteiger partial charge on any atom is 0.0637 e. The summed E-state index contributed by atoms with van der Waals surface area (Å²) >= 11 is 2.12. The van der Waals surface area contributed by atoms with Gasteiger partial charge in [0.05, 0.1) is 4.75 Å². The van der Waals surface area contributed by atoms with Gasteiger partial charge < -0.3 is 0 Å². The highest BCUT2D eigenvalue weighted by Crippen LogP contribution is 2.64. The second kappa shape index (κ2) is 3.46. The van der Waals surface area contributed by atoms with Crippen LogP contribution in [0.25, 0.3) is 0 Å². The van der Waals surface area contributed by atoms with Crippen LogP contribution in [0.5, 0.6) is 0 Å². The molecule has 0 radical (unpaired) electrons. The van der Waals surface area contributed by atoms with E-state index in [0.717, 1.165) is 0 Å². The molecule has 0 saturated heterocycles. The van der Waals surface area contributed by atoms with Crippen molar-refractivity contribution in [2.24, 2.45) is 0 Å². The van der Waals surface area contributed by atoms with Crippen LogP contribution in [-0.2, 0) is 10.2 Å². The molecule has 2 heterocycles. The Morgan fingerprint density at radius 2 is 1.21 bits per heavy atom. The molecule has 5 rings (SSSR count). The van der Waals surface area contributed by atoms with Crippen LogP contribution < -0.4 is 0 Å². The van der Waals surface area contributed by atoms with E-state index in [4.69, 9.17) is 0 Å². The van der Waals surface area contributed by atoms with Gasteiger partial charge in [0, 0.05) is 10.7 Å². The Balaban J connectivity index is 2.17. The van der Waals surface area contributed by atoms with Crippen molar-refractivity contribution in [2.75, 3.05) is 0 Å². The molecule has 0 aromatic heterocycles. The Bertz CT molecular complexity index is 623. The van der Waals surface area contributed by atoms with Gasteiger partial charge in [0.25, 0.3) is 0 Å². The van der Waals surface area contributed by atoms with E-state index in [1.165, 1.54) is 22.3 Å². The van der Waals surface area contributed by atoms with E-state index < -0.39 is 0 Å². The predicted molar refractivity (Wildman–Crippen MR) is 82.8 cm³/mol. The number of hydrogen-bond acceptors (Lipinski definition) is 1. The average Bonchev–Trinajstić information content (AvgIpc) is 2.44. The largest absolute Gasteiger partial charge is 0.141 e. The van der Waals surface area contributed by atoms with Gasteiger partial charge in [0.15, 0.2) is 0 Å². The molecular weight excluding hydrogens is 248 g/mol. The topological polar surface area (TPSA) is 0 Å². The number of thioether (sulfide) groups is 1. The molecule has 1 heteroatoms. The van der Waals surface area contributed by atoms with Crippen molar-refractivity contribution < 1.29 is 0 Å². The Labute approximate surface area is 119 Å². The van der Waals surface area contributed by atoms with E-state index >= 15 is 0 Å². The fourth-order valence-electron chi connectivity index (χ4n) is 4.03. The summed E-state index contributed by atoms with van der Waals surface area (Å²) in [6.07, 6.45) is 0. The molecular formula is C18H18S. The molecule has 2 aromatic carbocycles. The lowest BCUT2D eigenvalue weighted by Crippen LogP contribution is -2.50. The summed E-state index contributed by atoms with van der Waals surface area (Å²) in [6, 6.07) is 18.1. The van der Waals surface area contributed by atoms with Gasteiger partial charge in [0.1, 0.15) is 0 Å². The standard InChI is InChI=1S/C18H18S/c1-12-17(2)13-8-4-6-10-15(13)18(3,19-12)16-11-7-5-9-14(16)17/h4-12H,1-3H3. The van der Waals surface area contributed by atoms with E-state index in [9.17, 15) is 0 Å². The van der Waals surface area contributed by atoms with Crippen molar-refractivity contribution in [3.05, 3.63) is 70.8 Å². The Hall–Kier alpha value is -1.21. The van der Waals surface area contributed by atoms with E-state index in [1.807, 2.05) is 0 Å². The van der Waals surface area contributed by atoms with Crippen molar-refractivity contribution in [2.45, 2.75) is 36.2 Å². The third-order valence-corrected chi connectivity index (χ3v) is 6.96. The van der Waals surface area contributed by atoms with Gasteiger partial charge >= 0.3 is 0 Å². The molecule has 0 spiro atoms. The second-order valence-electron chi connectivity index (χ2n) is 6.09. The van der Waals surface area contributed by atoms with Crippen molar-refractivity contribution in [3.8, 4) is 0 Å². The molecule has 2 aromatic rings. The number of benzene rings is 2. The van der Waals surface area contributed by atoms with Gasteiger partial charge in [-0.3, -0.25) is 0 Å². The van der Waals surface area contributed by atoms with Crippen LogP contribution >= 0.6 is 11.8 Å². The lowest BCUT2D eigenvalue weighted by molar-refractivity contribution is 0.494. The molecule has 0 N–H and O–H groups in total. The zero-order chi connectivity index (χ0) is 13.3. The fraction of sp³-hybridized carbons (Fsp3) is 0.333. The summed E-state index contributed by atoms with van der Waals surface area (Å²) < 4.78 is 0.115. The van der Waals surface area contributed by atoms with Crippen molar-refractivity contribution in [1.82, 2.24) is 0 Å². The number of hydrogen-bond donors (Lipinski definition) is 0.